The van der Waals surface area contributed by atoms with Crippen molar-refractivity contribution in [2.75, 3.05) is 0 Å². The minimum Gasteiger partial charge on any atom is -0.309 e. The number of rotatable bonds is 6. The summed E-state index contributed by atoms with van der Waals surface area (Å²) in [7, 11) is -3.09. The third-order valence-electron chi connectivity index (χ3n) is 9.65. The average molecular weight is 653 g/mol. The minimum atomic E-state index is -3.09. The largest absolute Gasteiger partial charge is 0.309 e. The first-order chi connectivity index (χ1) is 24.7. The van der Waals surface area contributed by atoms with Gasteiger partial charge in [-0.2, -0.15) is 15.8 Å². The van der Waals surface area contributed by atoms with Gasteiger partial charge < -0.3 is 4.57 Å². The van der Waals surface area contributed by atoms with Crippen LogP contribution in [0.15, 0.2) is 170 Å². The molecule has 1 heterocycles. The van der Waals surface area contributed by atoms with Crippen LogP contribution in [0.2, 0.25) is 0 Å². The van der Waals surface area contributed by atoms with Crippen molar-refractivity contribution in [3.05, 3.63) is 187 Å². The average Bonchev–Trinajstić information content (AvgIpc) is 3.52. The molecule has 0 radical (unpaired) electrons. The molecule has 0 N–H and O–H groups in total. The number of nitriles is 3. The van der Waals surface area contributed by atoms with Crippen LogP contribution in [0.1, 0.15) is 16.7 Å². The zero-order chi connectivity index (χ0) is 34.1. The second-order valence-electron chi connectivity index (χ2n) is 12.2. The predicted molar refractivity (Wildman–Crippen MR) is 204 cm³/mol. The van der Waals surface area contributed by atoms with E-state index in [1.807, 2.05) is 72.8 Å². The van der Waals surface area contributed by atoms with Crippen molar-refractivity contribution in [3.8, 4) is 35.0 Å². The highest BCUT2D eigenvalue weighted by molar-refractivity contribution is 7.20. The van der Waals surface area contributed by atoms with Crippen molar-refractivity contribution in [3.63, 3.8) is 0 Å². The zero-order valence-corrected chi connectivity index (χ0v) is 28.0. The lowest BCUT2D eigenvalue weighted by atomic mass is 9.96. The Kier molecular flexibility index (Phi) is 7.63. The Morgan fingerprint density at radius 2 is 0.980 bits per heavy atom. The van der Waals surface area contributed by atoms with E-state index in [-0.39, 0.29) is 0 Å². The van der Waals surface area contributed by atoms with Gasteiger partial charge in [0, 0.05) is 16.3 Å². The molecule has 8 aromatic rings. The Morgan fingerprint density at radius 3 is 1.58 bits per heavy atom. The Hall–Kier alpha value is -6.97. The van der Waals surface area contributed by atoms with Crippen molar-refractivity contribution in [1.29, 1.82) is 15.8 Å². The summed E-state index contributed by atoms with van der Waals surface area (Å²) in [6.07, 6.45) is 0. The van der Waals surface area contributed by atoms with E-state index in [1.54, 1.807) is 0 Å². The van der Waals surface area contributed by atoms with Crippen LogP contribution in [0.4, 0.5) is 0 Å². The number of hydrogen-bond donors (Lipinski definition) is 0. The van der Waals surface area contributed by atoms with Gasteiger partial charge in [-0.05, 0) is 74.8 Å². The van der Waals surface area contributed by atoms with Crippen LogP contribution >= 0.6 is 0 Å². The van der Waals surface area contributed by atoms with Crippen LogP contribution in [-0.2, 0) is 0 Å². The molecule has 7 aromatic carbocycles. The number of nitrogens with zero attached hydrogens (tertiary/aromatic N) is 4. The molecule has 0 spiro atoms. The van der Waals surface area contributed by atoms with E-state index in [2.05, 4.69) is 120 Å². The van der Waals surface area contributed by atoms with Crippen LogP contribution in [0.25, 0.3) is 38.6 Å². The van der Waals surface area contributed by atoms with E-state index in [9.17, 15) is 15.8 Å². The van der Waals surface area contributed by atoms with E-state index in [0.29, 0.717) is 16.7 Å². The molecule has 8 rings (SSSR count). The van der Waals surface area contributed by atoms with E-state index in [4.69, 9.17) is 0 Å². The van der Waals surface area contributed by atoms with Crippen LogP contribution in [0.5, 0.6) is 0 Å². The van der Waals surface area contributed by atoms with Gasteiger partial charge in [-0.15, -0.1) is 0 Å². The van der Waals surface area contributed by atoms with Crippen molar-refractivity contribution >= 4 is 50.6 Å². The van der Waals surface area contributed by atoms with E-state index >= 15 is 0 Å². The zero-order valence-electron chi connectivity index (χ0n) is 27.0. The number of fused-ring (bicyclic) bond motifs is 3. The molecule has 0 amide bonds. The maximum Gasteiger partial charge on any atom is 0.180 e. The molecule has 0 atom stereocenters. The third kappa shape index (κ3) is 4.72. The van der Waals surface area contributed by atoms with Crippen molar-refractivity contribution in [2.24, 2.45) is 0 Å². The van der Waals surface area contributed by atoms with Gasteiger partial charge in [0.1, 0.15) is 0 Å². The number of aromatic nitrogens is 1. The Bertz CT molecular complexity index is 2580. The molecule has 0 bridgehead atoms. The molecule has 0 aliphatic rings. The highest BCUT2D eigenvalue weighted by atomic mass is 28.3. The Balaban J connectivity index is 1.56. The molecule has 5 heteroatoms. The molecular formula is C45H28N4Si. The molecule has 50 heavy (non-hydrogen) atoms. The molecule has 1 aromatic heterocycles. The summed E-state index contributed by atoms with van der Waals surface area (Å²) in [5, 5.41) is 37.6. The smallest absolute Gasteiger partial charge is 0.180 e. The lowest BCUT2D eigenvalue weighted by Crippen LogP contribution is -2.75. The van der Waals surface area contributed by atoms with E-state index in [1.165, 1.54) is 15.6 Å². The fourth-order valence-electron chi connectivity index (χ4n) is 7.58. The first kappa shape index (κ1) is 30.4. The fourth-order valence-corrected chi connectivity index (χ4v) is 12.5. The summed E-state index contributed by atoms with van der Waals surface area (Å²) in [5.41, 5.74) is 5.93. The second-order valence-corrected chi connectivity index (χ2v) is 16.0. The summed E-state index contributed by atoms with van der Waals surface area (Å²) >= 11 is 0. The van der Waals surface area contributed by atoms with Crippen molar-refractivity contribution in [1.82, 2.24) is 4.57 Å². The van der Waals surface area contributed by atoms with Crippen LogP contribution in [0.3, 0.4) is 0 Å². The summed E-state index contributed by atoms with van der Waals surface area (Å²) < 4.78 is 2.20. The summed E-state index contributed by atoms with van der Waals surface area (Å²) in [6, 6.07) is 64.9. The van der Waals surface area contributed by atoms with E-state index < -0.39 is 8.07 Å². The molecule has 0 aliphatic heterocycles. The monoisotopic (exact) mass is 652 g/mol. The summed E-state index contributed by atoms with van der Waals surface area (Å²) in [6.45, 7) is 0. The Labute approximate surface area is 291 Å². The first-order valence-corrected chi connectivity index (χ1v) is 18.4. The number of para-hydroxylation sites is 1. The lowest BCUT2D eigenvalue weighted by Gasteiger charge is -2.36. The highest BCUT2D eigenvalue weighted by Crippen LogP contribution is 2.38. The van der Waals surface area contributed by atoms with Crippen molar-refractivity contribution in [2.45, 2.75) is 0 Å². The maximum atomic E-state index is 10.8. The number of hydrogen-bond acceptors (Lipinski definition) is 3. The molecule has 0 fully saturated rings. The standard InChI is InChI=1S/C45H28N4Si/c46-29-32-23-25-42-39(27-32)38-20-10-11-21-41(38)49(42)43-22-12-13-34(31-48)45(43)40-28-33(30-47)24-26-44(40)50(35-14-4-1-5-15-35,36-16-6-2-7-17-36)37-18-8-3-9-19-37/h1-28H. The first-order valence-electron chi connectivity index (χ1n) is 16.4. The Morgan fingerprint density at radius 1 is 0.440 bits per heavy atom. The summed E-state index contributed by atoms with van der Waals surface area (Å²) in [4.78, 5) is 0. The third-order valence-corrected chi connectivity index (χ3v) is 14.5. The van der Waals surface area contributed by atoms with Gasteiger partial charge in [-0.25, -0.2) is 0 Å². The molecular weight excluding hydrogens is 625 g/mol. The van der Waals surface area contributed by atoms with Gasteiger partial charge in [0.25, 0.3) is 0 Å². The highest BCUT2D eigenvalue weighted by Gasteiger charge is 2.43. The maximum absolute atomic E-state index is 10.8. The quantitative estimate of drug-likeness (QED) is 0.138. The normalized spacial score (nSPS) is 11.1. The van der Waals surface area contributed by atoms with Gasteiger partial charge in [0.05, 0.1) is 51.6 Å². The fraction of sp³-hybridized carbons (Fsp3) is 0. The van der Waals surface area contributed by atoms with E-state index in [0.717, 1.165) is 43.8 Å². The number of benzene rings is 7. The van der Waals surface area contributed by atoms with Gasteiger partial charge >= 0.3 is 0 Å². The SMILES string of the molecule is N#Cc1ccc([Si](c2ccccc2)(c2ccccc2)c2ccccc2)c(-c2c(C#N)cccc2-n2c3ccccc3c3cc(C#N)ccc32)c1. The molecule has 4 nitrogen and oxygen atoms in total. The van der Waals surface area contributed by atoms with Crippen LogP contribution in [0, 0.1) is 34.0 Å². The van der Waals surface area contributed by atoms with Crippen molar-refractivity contribution < 1.29 is 0 Å². The predicted octanol–water partition coefficient (Wildman–Crippen LogP) is 7.44. The molecule has 0 aliphatic carbocycles. The van der Waals surface area contributed by atoms with Gasteiger partial charge in [-0.1, -0.05) is 121 Å². The van der Waals surface area contributed by atoms with Gasteiger partial charge in [0.15, 0.2) is 8.07 Å². The van der Waals surface area contributed by atoms with Crippen LogP contribution in [-0.4, -0.2) is 12.6 Å². The molecule has 0 unspecified atom stereocenters. The molecule has 0 saturated carbocycles. The minimum absolute atomic E-state index is 0.510. The van der Waals surface area contributed by atoms with Gasteiger partial charge in [0.2, 0.25) is 0 Å². The van der Waals surface area contributed by atoms with Gasteiger partial charge in [-0.3, -0.25) is 0 Å². The second kappa shape index (κ2) is 12.6. The topological polar surface area (TPSA) is 76.3 Å². The summed E-state index contributed by atoms with van der Waals surface area (Å²) in [5.74, 6) is 0. The van der Waals surface area contributed by atoms with Crippen LogP contribution < -0.4 is 20.7 Å². The molecule has 232 valence electrons. The molecule has 0 saturated heterocycles. The lowest BCUT2D eigenvalue weighted by molar-refractivity contribution is 1.18.